The maximum Gasteiger partial charge on any atom is 0.373 e. The highest BCUT2D eigenvalue weighted by Crippen LogP contribution is 2.38. The first-order valence-electron chi connectivity index (χ1n) is 10.3. The number of aryl methyl sites for hydroxylation is 1. The van der Waals surface area contributed by atoms with Crippen LogP contribution in [-0.4, -0.2) is 39.4 Å². The zero-order valence-corrected chi connectivity index (χ0v) is 17.9. The smallest absolute Gasteiger partial charge is 0.373 e. The number of ketones is 1. The summed E-state index contributed by atoms with van der Waals surface area (Å²) in [5.74, 6) is -1.09. The van der Waals surface area contributed by atoms with Gasteiger partial charge in [0.2, 0.25) is 0 Å². The van der Waals surface area contributed by atoms with Gasteiger partial charge in [-0.2, -0.15) is 9.59 Å². The van der Waals surface area contributed by atoms with Crippen molar-refractivity contribution in [2.75, 3.05) is 6.54 Å². The fraction of sp³-hybridized carbons (Fsp3) is 0.240. The van der Waals surface area contributed by atoms with E-state index in [1.165, 1.54) is 0 Å². The normalized spacial score (nSPS) is 15.5. The van der Waals surface area contributed by atoms with Gasteiger partial charge in [0.25, 0.3) is 5.91 Å². The van der Waals surface area contributed by atoms with E-state index in [1.807, 2.05) is 61.7 Å². The molecule has 2 heterocycles. The van der Waals surface area contributed by atoms with Gasteiger partial charge < -0.3 is 15.0 Å². The molecule has 0 saturated carbocycles. The predicted octanol–water partition coefficient (Wildman–Crippen LogP) is 3.81. The lowest BCUT2D eigenvalue weighted by atomic mass is 9.94. The molecular weight excluding hydrogens is 408 g/mol. The second-order valence-corrected chi connectivity index (χ2v) is 7.54. The number of carbonyl (C=O) groups excluding carboxylic acids is 4. The Hall–Kier alpha value is -3.96. The summed E-state index contributed by atoms with van der Waals surface area (Å²) >= 11 is 0. The molecule has 1 aromatic heterocycles. The molecule has 0 bridgehead atoms. The van der Waals surface area contributed by atoms with Crippen LogP contribution in [0.15, 0.2) is 66.1 Å². The van der Waals surface area contributed by atoms with Crippen LogP contribution in [0.5, 0.6) is 0 Å². The summed E-state index contributed by atoms with van der Waals surface area (Å²) in [6.07, 6.45) is 3.07. The maximum atomic E-state index is 12.9. The summed E-state index contributed by atoms with van der Waals surface area (Å²) in [5, 5.41) is 11.6. The number of fused-ring (bicyclic) bond motifs is 1. The molecular formula is C25H24N2O5. The van der Waals surface area contributed by atoms with E-state index in [1.54, 1.807) is 11.8 Å². The van der Waals surface area contributed by atoms with Crippen molar-refractivity contribution in [1.82, 2.24) is 9.88 Å². The van der Waals surface area contributed by atoms with Crippen LogP contribution in [0.3, 0.4) is 0 Å². The molecule has 0 spiro atoms. The van der Waals surface area contributed by atoms with Gasteiger partial charge in [0.1, 0.15) is 0 Å². The number of aromatic nitrogens is 1. The molecule has 1 unspecified atom stereocenters. The number of aliphatic hydroxyl groups excluding tert-OH is 1. The molecule has 7 nitrogen and oxygen atoms in total. The number of rotatable bonds is 6. The summed E-state index contributed by atoms with van der Waals surface area (Å²) in [6.45, 7) is 4.14. The van der Waals surface area contributed by atoms with E-state index >= 15 is 0 Å². The molecule has 0 fully saturated rings. The lowest BCUT2D eigenvalue weighted by Crippen LogP contribution is -2.33. The Morgan fingerprint density at radius 1 is 1.12 bits per heavy atom. The minimum absolute atomic E-state index is 0.198. The number of Topliss-reactive ketones (excluding diaryl/α,β-unsaturated/α-hetero) is 1. The van der Waals surface area contributed by atoms with E-state index in [0.29, 0.717) is 13.0 Å². The van der Waals surface area contributed by atoms with E-state index in [9.17, 15) is 14.7 Å². The van der Waals surface area contributed by atoms with Gasteiger partial charge in [-0.1, -0.05) is 55.0 Å². The van der Waals surface area contributed by atoms with Gasteiger partial charge in [0.05, 0.1) is 11.6 Å². The summed E-state index contributed by atoms with van der Waals surface area (Å²) in [4.78, 5) is 46.6. The van der Waals surface area contributed by atoms with Gasteiger partial charge in [0, 0.05) is 30.1 Å². The van der Waals surface area contributed by atoms with Crippen LogP contribution in [0.2, 0.25) is 0 Å². The Kier molecular flexibility index (Phi) is 7.03. The molecule has 32 heavy (non-hydrogen) atoms. The van der Waals surface area contributed by atoms with E-state index < -0.39 is 17.7 Å². The topological polar surface area (TPSA) is 108 Å². The summed E-state index contributed by atoms with van der Waals surface area (Å²) < 4.78 is 0. The molecule has 1 aliphatic rings. The Bertz CT molecular complexity index is 1200. The first-order chi connectivity index (χ1) is 15.4. The number of hydrogen-bond acceptors (Lipinski definition) is 5. The molecule has 0 radical (unpaired) electrons. The Balaban J connectivity index is 0.000000913. The number of amides is 1. The molecule has 164 valence electrons. The Morgan fingerprint density at radius 2 is 1.78 bits per heavy atom. The van der Waals surface area contributed by atoms with Gasteiger partial charge in [-0.25, -0.2) is 0 Å². The van der Waals surface area contributed by atoms with Crippen molar-refractivity contribution in [2.24, 2.45) is 0 Å². The van der Waals surface area contributed by atoms with Crippen molar-refractivity contribution < 1.29 is 24.3 Å². The molecule has 0 saturated heterocycles. The van der Waals surface area contributed by atoms with Crippen LogP contribution < -0.4 is 0 Å². The standard InChI is InChI=1S/C24H24N2O3.CO2/c1-3-20(27)21-22(16-10-8-15(2)9-11-16)26(24(29)23(21)28)13-12-17-14-25-19-7-5-4-6-18(17)19;2-1-3/h4-11,14,22,25,28H,3,12-13H2,1-2H3;. The molecule has 0 aliphatic carbocycles. The molecule has 1 atom stereocenters. The van der Waals surface area contributed by atoms with Gasteiger partial charge >= 0.3 is 6.15 Å². The van der Waals surface area contributed by atoms with Gasteiger partial charge in [0.15, 0.2) is 11.5 Å². The molecule has 3 aromatic rings. The minimum atomic E-state index is -0.555. The van der Waals surface area contributed by atoms with E-state index in [-0.39, 0.29) is 23.9 Å². The molecule has 1 amide bonds. The number of nitrogens with zero attached hydrogens (tertiary/aromatic N) is 1. The van der Waals surface area contributed by atoms with E-state index in [0.717, 1.165) is 27.6 Å². The zero-order chi connectivity index (χ0) is 23.3. The van der Waals surface area contributed by atoms with Crippen LogP contribution in [0.25, 0.3) is 10.9 Å². The average molecular weight is 432 g/mol. The highest BCUT2D eigenvalue weighted by atomic mass is 16.3. The van der Waals surface area contributed by atoms with Crippen molar-refractivity contribution in [3.63, 3.8) is 0 Å². The average Bonchev–Trinajstić information content (AvgIpc) is 3.32. The number of aliphatic hydroxyl groups is 1. The third-order valence-corrected chi connectivity index (χ3v) is 5.62. The number of para-hydroxylation sites is 1. The fourth-order valence-corrected chi connectivity index (χ4v) is 4.03. The summed E-state index contributed by atoms with van der Waals surface area (Å²) in [5.41, 5.74) is 4.29. The second kappa shape index (κ2) is 9.90. The molecule has 4 rings (SSSR count). The van der Waals surface area contributed by atoms with Crippen molar-refractivity contribution in [1.29, 1.82) is 0 Å². The van der Waals surface area contributed by atoms with Crippen LogP contribution >= 0.6 is 0 Å². The number of H-pyrrole nitrogens is 1. The lowest BCUT2D eigenvalue weighted by molar-refractivity contribution is -0.191. The van der Waals surface area contributed by atoms with Crippen molar-refractivity contribution >= 4 is 28.7 Å². The largest absolute Gasteiger partial charge is 0.503 e. The predicted molar refractivity (Wildman–Crippen MR) is 118 cm³/mol. The van der Waals surface area contributed by atoms with Gasteiger partial charge in [-0.15, -0.1) is 0 Å². The number of benzene rings is 2. The van der Waals surface area contributed by atoms with Crippen LogP contribution in [0.4, 0.5) is 0 Å². The summed E-state index contributed by atoms with van der Waals surface area (Å²) in [7, 11) is 0. The first kappa shape index (κ1) is 22.7. The highest BCUT2D eigenvalue weighted by Gasteiger charge is 2.42. The molecule has 2 N–H and O–H groups in total. The Labute approximate surface area is 185 Å². The summed E-state index contributed by atoms with van der Waals surface area (Å²) in [6, 6.07) is 15.2. The second-order valence-electron chi connectivity index (χ2n) is 7.54. The first-order valence-corrected chi connectivity index (χ1v) is 10.3. The third kappa shape index (κ3) is 4.38. The maximum absolute atomic E-state index is 12.9. The molecule has 1 aliphatic heterocycles. The number of carbonyl (C=O) groups is 2. The highest BCUT2D eigenvalue weighted by molar-refractivity contribution is 6.08. The third-order valence-electron chi connectivity index (χ3n) is 5.62. The number of aromatic amines is 1. The minimum Gasteiger partial charge on any atom is -0.503 e. The molecule has 7 heteroatoms. The Morgan fingerprint density at radius 3 is 2.44 bits per heavy atom. The zero-order valence-electron chi connectivity index (χ0n) is 17.9. The van der Waals surface area contributed by atoms with Crippen molar-refractivity contribution in [3.05, 3.63) is 82.8 Å². The number of nitrogens with one attached hydrogen (secondary N) is 1. The number of hydrogen-bond donors (Lipinski definition) is 2. The van der Waals surface area contributed by atoms with E-state index in [4.69, 9.17) is 9.59 Å². The fourth-order valence-electron chi connectivity index (χ4n) is 4.03. The van der Waals surface area contributed by atoms with Crippen LogP contribution in [0.1, 0.15) is 36.1 Å². The van der Waals surface area contributed by atoms with Crippen LogP contribution in [-0.2, 0) is 25.6 Å². The SMILES string of the molecule is CCC(=O)C1=C(O)C(=O)N(CCc2c[nH]c3ccccc23)C1c1ccc(C)cc1.O=C=O. The molecule has 2 aromatic carbocycles. The lowest BCUT2D eigenvalue weighted by Gasteiger charge is -2.27. The van der Waals surface area contributed by atoms with Crippen LogP contribution in [0, 0.1) is 6.92 Å². The van der Waals surface area contributed by atoms with E-state index in [2.05, 4.69) is 4.98 Å². The van der Waals surface area contributed by atoms with Crippen molar-refractivity contribution in [3.8, 4) is 0 Å². The van der Waals surface area contributed by atoms with Crippen molar-refractivity contribution in [2.45, 2.75) is 32.7 Å². The van der Waals surface area contributed by atoms with Gasteiger partial charge in [-0.3, -0.25) is 9.59 Å². The monoisotopic (exact) mass is 432 g/mol. The van der Waals surface area contributed by atoms with Gasteiger partial charge in [-0.05, 0) is 30.5 Å². The quantitative estimate of drug-likeness (QED) is 0.616.